The third-order valence-electron chi connectivity index (χ3n) is 5.00. The Morgan fingerprint density at radius 1 is 0.909 bits per heavy atom. The molecule has 5 aromatic rings. The van der Waals surface area contributed by atoms with Crippen molar-refractivity contribution in [1.82, 2.24) is 29.9 Å². The van der Waals surface area contributed by atoms with Gasteiger partial charge in [0.15, 0.2) is 11.0 Å². The van der Waals surface area contributed by atoms with E-state index in [0.29, 0.717) is 29.7 Å². The average Bonchev–Trinajstić information content (AvgIpc) is 3.48. The molecule has 0 bridgehead atoms. The largest absolute Gasteiger partial charge is 0.508 e. The minimum atomic E-state index is 0.201. The van der Waals surface area contributed by atoms with E-state index in [-0.39, 0.29) is 5.75 Å². The molecular formula is C24H20N6O2S. The van der Waals surface area contributed by atoms with Gasteiger partial charge in [-0.25, -0.2) is 0 Å². The number of pyridine rings is 1. The van der Waals surface area contributed by atoms with E-state index < -0.39 is 0 Å². The van der Waals surface area contributed by atoms with Gasteiger partial charge in [0.2, 0.25) is 11.7 Å². The molecule has 2 aromatic carbocycles. The zero-order chi connectivity index (χ0) is 22.6. The quantitative estimate of drug-likeness (QED) is 0.351. The first-order valence-corrected chi connectivity index (χ1v) is 11.3. The monoisotopic (exact) mass is 456 g/mol. The highest BCUT2D eigenvalue weighted by Gasteiger charge is 2.17. The van der Waals surface area contributed by atoms with Crippen molar-refractivity contribution in [3.05, 3.63) is 84.5 Å². The highest BCUT2D eigenvalue weighted by atomic mass is 32.2. The number of benzene rings is 2. The molecule has 9 heteroatoms. The summed E-state index contributed by atoms with van der Waals surface area (Å²) in [5, 5.41) is 23.3. The number of hydrogen-bond donors (Lipinski definition) is 1. The lowest BCUT2D eigenvalue weighted by atomic mass is 10.1. The number of aromatic hydroxyl groups is 1. The Kier molecular flexibility index (Phi) is 5.86. The molecule has 0 atom stereocenters. The molecule has 3 heterocycles. The molecule has 0 amide bonds. The van der Waals surface area contributed by atoms with Gasteiger partial charge >= 0.3 is 0 Å². The number of hydrogen-bond acceptors (Lipinski definition) is 8. The normalized spacial score (nSPS) is 11.1. The minimum absolute atomic E-state index is 0.201. The number of aromatic nitrogens is 6. The summed E-state index contributed by atoms with van der Waals surface area (Å²) in [5.41, 5.74) is 3.86. The van der Waals surface area contributed by atoms with E-state index in [0.717, 1.165) is 22.0 Å². The Hall–Kier alpha value is -3.98. The molecule has 0 aliphatic heterocycles. The van der Waals surface area contributed by atoms with Gasteiger partial charge in [-0.2, -0.15) is 4.98 Å². The maximum atomic E-state index is 9.70. The molecule has 0 spiro atoms. The molecule has 0 aliphatic rings. The summed E-state index contributed by atoms with van der Waals surface area (Å²) in [7, 11) is 0. The van der Waals surface area contributed by atoms with E-state index in [1.54, 1.807) is 36.3 Å². The summed E-state index contributed by atoms with van der Waals surface area (Å²) in [4.78, 5) is 8.60. The van der Waals surface area contributed by atoms with Gasteiger partial charge in [-0.1, -0.05) is 46.7 Å². The fraction of sp³-hybridized carbons (Fsp3) is 0.125. The summed E-state index contributed by atoms with van der Waals surface area (Å²) in [6, 6.07) is 18.8. The van der Waals surface area contributed by atoms with Crippen molar-refractivity contribution in [3.63, 3.8) is 0 Å². The second kappa shape index (κ2) is 9.25. The molecule has 0 unspecified atom stereocenters. The molecule has 0 aliphatic carbocycles. The molecule has 1 N–H and O–H groups in total. The van der Waals surface area contributed by atoms with Crippen LogP contribution in [0.5, 0.6) is 5.75 Å². The number of rotatable bonds is 7. The van der Waals surface area contributed by atoms with Gasteiger partial charge in [-0.15, -0.1) is 10.2 Å². The van der Waals surface area contributed by atoms with Crippen LogP contribution in [0.1, 0.15) is 11.5 Å². The van der Waals surface area contributed by atoms with E-state index in [2.05, 4.69) is 25.3 Å². The third-order valence-corrected chi connectivity index (χ3v) is 5.94. The molecule has 8 nitrogen and oxygen atoms in total. The molecule has 0 saturated heterocycles. The maximum Gasteiger partial charge on any atom is 0.227 e. The lowest BCUT2D eigenvalue weighted by Crippen LogP contribution is -2.00. The second-order valence-electron chi connectivity index (χ2n) is 7.37. The van der Waals surface area contributed by atoms with Crippen molar-refractivity contribution >= 4 is 11.8 Å². The van der Waals surface area contributed by atoms with Crippen LogP contribution in [-0.2, 0) is 6.42 Å². The molecule has 33 heavy (non-hydrogen) atoms. The lowest BCUT2D eigenvalue weighted by Gasteiger charge is -2.10. The third kappa shape index (κ3) is 4.63. The molecule has 5 rings (SSSR count). The number of thioether (sulfide) groups is 1. The summed E-state index contributed by atoms with van der Waals surface area (Å²) in [6.45, 7) is 2.04. The van der Waals surface area contributed by atoms with Gasteiger partial charge in [-0.3, -0.25) is 9.55 Å². The highest BCUT2D eigenvalue weighted by Crippen LogP contribution is 2.29. The van der Waals surface area contributed by atoms with Crippen LogP contribution in [0.15, 0.2) is 82.7 Å². The Balaban J connectivity index is 1.35. The topological polar surface area (TPSA) is 103 Å². The fourth-order valence-electron chi connectivity index (χ4n) is 3.29. The number of phenols is 1. The molecular weight excluding hydrogens is 436 g/mol. The van der Waals surface area contributed by atoms with Crippen molar-refractivity contribution in [3.8, 4) is 34.2 Å². The van der Waals surface area contributed by atoms with E-state index in [9.17, 15) is 5.11 Å². The maximum absolute atomic E-state index is 9.70. The van der Waals surface area contributed by atoms with Crippen molar-refractivity contribution in [2.45, 2.75) is 18.5 Å². The first kappa shape index (κ1) is 20.9. The van der Waals surface area contributed by atoms with E-state index >= 15 is 0 Å². The average molecular weight is 457 g/mol. The highest BCUT2D eigenvalue weighted by molar-refractivity contribution is 7.99. The van der Waals surface area contributed by atoms with Gasteiger partial charge in [0.25, 0.3) is 0 Å². The van der Waals surface area contributed by atoms with Crippen molar-refractivity contribution < 1.29 is 9.63 Å². The molecule has 0 radical (unpaired) electrons. The minimum Gasteiger partial charge on any atom is -0.508 e. The van der Waals surface area contributed by atoms with Crippen LogP contribution in [0.25, 0.3) is 28.5 Å². The summed E-state index contributed by atoms with van der Waals surface area (Å²) >= 11 is 1.55. The number of aryl methyl sites for hydroxylation is 2. The van der Waals surface area contributed by atoms with Crippen LogP contribution in [0.4, 0.5) is 0 Å². The van der Waals surface area contributed by atoms with Crippen molar-refractivity contribution in [1.29, 1.82) is 0 Å². The van der Waals surface area contributed by atoms with Crippen LogP contribution < -0.4 is 0 Å². The Labute approximate surface area is 194 Å². The summed E-state index contributed by atoms with van der Waals surface area (Å²) in [6.07, 6.45) is 4.04. The number of phenolic OH excluding ortho intramolecular Hbond substituents is 1. The summed E-state index contributed by atoms with van der Waals surface area (Å²) < 4.78 is 7.40. The summed E-state index contributed by atoms with van der Waals surface area (Å²) in [5.74, 6) is 2.74. The van der Waals surface area contributed by atoms with E-state index in [1.165, 1.54) is 5.56 Å². The van der Waals surface area contributed by atoms with Crippen molar-refractivity contribution in [2.75, 3.05) is 5.75 Å². The standard InChI is InChI=1S/C24H20N6O2S/c1-16-2-4-17(5-3-16)22-26-21(32-29-22)12-15-33-24-28-27-23(18-10-13-25-14-11-18)30(24)19-6-8-20(31)9-7-19/h2-11,13-14,31H,12,15H2,1H3. The van der Waals surface area contributed by atoms with Gasteiger partial charge in [0.1, 0.15) is 5.75 Å². The molecule has 3 aromatic heterocycles. The number of nitrogens with zero attached hydrogens (tertiary/aromatic N) is 6. The smallest absolute Gasteiger partial charge is 0.227 e. The predicted molar refractivity (Wildman–Crippen MR) is 125 cm³/mol. The Morgan fingerprint density at radius 2 is 1.67 bits per heavy atom. The van der Waals surface area contributed by atoms with E-state index in [1.807, 2.05) is 60.0 Å². The molecule has 0 fully saturated rings. The van der Waals surface area contributed by atoms with E-state index in [4.69, 9.17) is 4.52 Å². The van der Waals surface area contributed by atoms with Crippen LogP contribution >= 0.6 is 11.8 Å². The zero-order valence-corrected chi connectivity index (χ0v) is 18.6. The predicted octanol–water partition coefficient (Wildman–Crippen LogP) is 4.73. The van der Waals surface area contributed by atoms with Crippen LogP contribution in [0.3, 0.4) is 0 Å². The second-order valence-corrected chi connectivity index (χ2v) is 8.43. The van der Waals surface area contributed by atoms with Gasteiger partial charge in [0.05, 0.1) is 0 Å². The van der Waals surface area contributed by atoms with Crippen LogP contribution in [0, 0.1) is 6.92 Å². The lowest BCUT2D eigenvalue weighted by molar-refractivity contribution is 0.383. The van der Waals surface area contributed by atoms with Crippen LogP contribution in [0.2, 0.25) is 0 Å². The first-order chi connectivity index (χ1) is 16.2. The van der Waals surface area contributed by atoms with Gasteiger partial charge < -0.3 is 9.63 Å². The zero-order valence-electron chi connectivity index (χ0n) is 17.8. The van der Waals surface area contributed by atoms with Gasteiger partial charge in [-0.05, 0) is 43.3 Å². The molecule has 0 saturated carbocycles. The van der Waals surface area contributed by atoms with Crippen molar-refractivity contribution in [2.24, 2.45) is 0 Å². The fourth-order valence-corrected chi connectivity index (χ4v) is 4.17. The Bertz CT molecular complexity index is 1350. The SMILES string of the molecule is Cc1ccc(-c2noc(CCSc3nnc(-c4ccncc4)n3-c3ccc(O)cc3)n2)cc1. The van der Waals surface area contributed by atoms with Crippen LogP contribution in [-0.4, -0.2) is 40.7 Å². The first-order valence-electron chi connectivity index (χ1n) is 10.3. The van der Waals surface area contributed by atoms with Gasteiger partial charge in [0, 0.05) is 41.4 Å². The molecule has 164 valence electrons. The Morgan fingerprint density at radius 3 is 2.42 bits per heavy atom.